The molecule has 1 aromatic rings. The van der Waals surface area contributed by atoms with Crippen molar-refractivity contribution in [1.82, 2.24) is 4.72 Å². The van der Waals surface area contributed by atoms with E-state index in [1.807, 2.05) is 13.0 Å². The van der Waals surface area contributed by atoms with Gasteiger partial charge in [-0.2, -0.15) is 5.26 Å². The van der Waals surface area contributed by atoms with E-state index in [0.29, 0.717) is 11.5 Å². The van der Waals surface area contributed by atoms with E-state index in [9.17, 15) is 8.42 Å². The van der Waals surface area contributed by atoms with Gasteiger partial charge in [-0.25, -0.2) is 13.1 Å². The van der Waals surface area contributed by atoms with Crippen molar-refractivity contribution >= 4 is 21.6 Å². The van der Waals surface area contributed by atoms with Crippen LogP contribution in [0.15, 0.2) is 23.1 Å². The van der Waals surface area contributed by atoms with Crippen LogP contribution in [0.1, 0.15) is 44.6 Å². The molecular weight excluding hydrogens is 308 g/mol. The minimum Gasteiger partial charge on any atom is -0.208 e. The predicted octanol–water partition coefficient (Wildman–Crippen LogP) is 3.46. The first-order valence-electron chi connectivity index (χ1n) is 7.16. The molecule has 0 aliphatic heterocycles. The highest BCUT2D eigenvalue weighted by atomic mass is 35.5. The normalized spacial score (nSPS) is 18.1. The number of nitrogens with zero attached hydrogens (tertiary/aromatic N) is 1. The zero-order valence-electron chi connectivity index (χ0n) is 12.0. The summed E-state index contributed by atoms with van der Waals surface area (Å²) < 4.78 is 27.6. The van der Waals surface area contributed by atoms with E-state index in [-0.39, 0.29) is 16.0 Å². The molecule has 0 aromatic heterocycles. The Bertz CT molecular complexity index is 646. The SMILES string of the molecule is CC(NS(=O)(=O)c1ccc(C#N)cc1Cl)C1CCCCC1. The van der Waals surface area contributed by atoms with Crippen LogP contribution >= 0.6 is 11.6 Å². The molecule has 1 aliphatic rings. The summed E-state index contributed by atoms with van der Waals surface area (Å²) in [5.74, 6) is 0.380. The fraction of sp³-hybridized carbons (Fsp3) is 0.533. The lowest BCUT2D eigenvalue weighted by molar-refractivity contribution is 0.303. The van der Waals surface area contributed by atoms with Gasteiger partial charge in [0.25, 0.3) is 0 Å². The molecule has 0 saturated heterocycles. The first-order chi connectivity index (χ1) is 9.94. The monoisotopic (exact) mass is 326 g/mol. The van der Waals surface area contributed by atoms with Crippen LogP contribution < -0.4 is 4.72 Å². The molecule has 1 aromatic carbocycles. The second-order valence-corrected chi connectivity index (χ2v) is 7.65. The van der Waals surface area contributed by atoms with Crippen LogP contribution in [-0.4, -0.2) is 14.5 Å². The van der Waals surface area contributed by atoms with E-state index in [2.05, 4.69) is 4.72 Å². The summed E-state index contributed by atoms with van der Waals surface area (Å²) in [7, 11) is -3.66. The van der Waals surface area contributed by atoms with Crippen molar-refractivity contribution in [2.75, 3.05) is 0 Å². The molecule has 4 nitrogen and oxygen atoms in total. The maximum Gasteiger partial charge on any atom is 0.242 e. The largest absolute Gasteiger partial charge is 0.242 e. The molecule has 2 rings (SSSR count). The lowest BCUT2D eigenvalue weighted by Gasteiger charge is -2.28. The third-order valence-electron chi connectivity index (χ3n) is 4.05. The van der Waals surface area contributed by atoms with Gasteiger partial charge in [0.15, 0.2) is 0 Å². The number of nitrogens with one attached hydrogen (secondary N) is 1. The van der Waals surface area contributed by atoms with Gasteiger partial charge in [0.2, 0.25) is 10.0 Å². The van der Waals surface area contributed by atoms with E-state index >= 15 is 0 Å². The highest BCUT2D eigenvalue weighted by Gasteiger charge is 2.26. The molecule has 6 heteroatoms. The Morgan fingerprint density at radius 2 is 2.00 bits per heavy atom. The van der Waals surface area contributed by atoms with Gasteiger partial charge in [-0.3, -0.25) is 0 Å². The molecule has 0 spiro atoms. The molecule has 21 heavy (non-hydrogen) atoms. The van der Waals surface area contributed by atoms with Crippen molar-refractivity contribution in [2.24, 2.45) is 5.92 Å². The van der Waals surface area contributed by atoms with Gasteiger partial charge in [-0.15, -0.1) is 0 Å². The molecule has 1 fully saturated rings. The number of hydrogen-bond donors (Lipinski definition) is 1. The van der Waals surface area contributed by atoms with Gasteiger partial charge < -0.3 is 0 Å². The topological polar surface area (TPSA) is 70.0 Å². The van der Waals surface area contributed by atoms with Gasteiger partial charge in [-0.1, -0.05) is 30.9 Å². The van der Waals surface area contributed by atoms with Gasteiger partial charge in [0, 0.05) is 6.04 Å². The van der Waals surface area contributed by atoms with Crippen LogP contribution in [0.3, 0.4) is 0 Å². The van der Waals surface area contributed by atoms with Crippen LogP contribution in [0.5, 0.6) is 0 Å². The number of hydrogen-bond acceptors (Lipinski definition) is 3. The summed E-state index contributed by atoms with van der Waals surface area (Å²) in [6, 6.07) is 6.06. The number of benzene rings is 1. The van der Waals surface area contributed by atoms with Gasteiger partial charge in [0.05, 0.1) is 16.7 Å². The van der Waals surface area contributed by atoms with E-state index in [0.717, 1.165) is 25.7 Å². The van der Waals surface area contributed by atoms with Crippen molar-refractivity contribution in [3.8, 4) is 6.07 Å². The second kappa shape index (κ2) is 6.78. The Labute approximate surface area is 131 Å². The third-order valence-corrected chi connectivity index (χ3v) is 6.09. The molecular formula is C15H19ClN2O2S. The average molecular weight is 327 g/mol. The van der Waals surface area contributed by atoms with Crippen LogP contribution in [0.4, 0.5) is 0 Å². The second-order valence-electron chi connectivity index (χ2n) is 5.57. The molecule has 0 heterocycles. The average Bonchev–Trinajstić information content (AvgIpc) is 2.47. The lowest BCUT2D eigenvalue weighted by Crippen LogP contribution is -2.38. The Balaban J connectivity index is 2.16. The van der Waals surface area contributed by atoms with E-state index in [1.165, 1.54) is 24.6 Å². The van der Waals surface area contributed by atoms with Crippen molar-refractivity contribution in [2.45, 2.75) is 50.0 Å². The van der Waals surface area contributed by atoms with Gasteiger partial charge in [-0.05, 0) is 43.9 Å². The zero-order valence-corrected chi connectivity index (χ0v) is 13.5. The molecule has 1 atom stereocenters. The molecule has 1 N–H and O–H groups in total. The van der Waals surface area contributed by atoms with Crippen LogP contribution in [0, 0.1) is 17.2 Å². The first-order valence-corrected chi connectivity index (χ1v) is 9.02. The van der Waals surface area contributed by atoms with E-state index < -0.39 is 10.0 Å². The Hall–Kier alpha value is -1.09. The highest BCUT2D eigenvalue weighted by Crippen LogP contribution is 2.28. The fourth-order valence-electron chi connectivity index (χ4n) is 2.83. The summed E-state index contributed by atoms with van der Waals surface area (Å²) in [6.45, 7) is 1.91. The maximum absolute atomic E-state index is 12.4. The molecule has 0 bridgehead atoms. The smallest absolute Gasteiger partial charge is 0.208 e. The minimum absolute atomic E-state index is 0.0332. The Morgan fingerprint density at radius 3 is 2.57 bits per heavy atom. The molecule has 1 saturated carbocycles. The minimum atomic E-state index is -3.66. The van der Waals surface area contributed by atoms with Crippen molar-refractivity contribution in [1.29, 1.82) is 5.26 Å². The number of sulfonamides is 1. The molecule has 0 radical (unpaired) electrons. The number of rotatable bonds is 4. The molecule has 1 unspecified atom stereocenters. The number of halogens is 1. The summed E-state index contributed by atoms with van der Waals surface area (Å²) >= 11 is 5.99. The van der Waals surface area contributed by atoms with Crippen LogP contribution in [-0.2, 0) is 10.0 Å². The van der Waals surface area contributed by atoms with Gasteiger partial charge >= 0.3 is 0 Å². The standard InChI is InChI=1S/C15H19ClN2O2S/c1-11(13-5-3-2-4-6-13)18-21(19,20)15-8-7-12(10-17)9-14(15)16/h7-9,11,13,18H,2-6H2,1H3. The lowest BCUT2D eigenvalue weighted by atomic mass is 9.85. The van der Waals surface area contributed by atoms with Crippen molar-refractivity contribution in [3.05, 3.63) is 28.8 Å². The number of nitriles is 1. The van der Waals surface area contributed by atoms with Gasteiger partial charge in [0.1, 0.15) is 4.90 Å². The summed E-state index contributed by atoms with van der Waals surface area (Å²) in [4.78, 5) is 0.0332. The van der Waals surface area contributed by atoms with Crippen LogP contribution in [0.25, 0.3) is 0 Å². The Kier molecular flexibility index (Phi) is 5.26. The summed E-state index contributed by atoms with van der Waals surface area (Å²) in [5.41, 5.74) is 0.347. The predicted molar refractivity (Wildman–Crippen MR) is 82.5 cm³/mol. The van der Waals surface area contributed by atoms with E-state index in [1.54, 1.807) is 0 Å². The fourth-order valence-corrected chi connectivity index (χ4v) is 4.68. The van der Waals surface area contributed by atoms with E-state index in [4.69, 9.17) is 16.9 Å². The van der Waals surface area contributed by atoms with Crippen molar-refractivity contribution in [3.63, 3.8) is 0 Å². The third kappa shape index (κ3) is 3.97. The quantitative estimate of drug-likeness (QED) is 0.921. The van der Waals surface area contributed by atoms with Crippen LogP contribution in [0.2, 0.25) is 5.02 Å². The summed E-state index contributed by atoms with van der Waals surface area (Å²) in [6.07, 6.45) is 5.68. The Morgan fingerprint density at radius 1 is 1.33 bits per heavy atom. The van der Waals surface area contributed by atoms with Crippen molar-refractivity contribution < 1.29 is 8.42 Å². The first kappa shape index (κ1) is 16.3. The molecule has 114 valence electrons. The maximum atomic E-state index is 12.4. The highest BCUT2D eigenvalue weighted by molar-refractivity contribution is 7.89. The zero-order chi connectivity index (χ0) is 15.5. The molecule has 0 amide bonds. The molecule has 1 aliphatic carbocycles. The summed E-state index contributed by atoms with van der Waals surface area (Å²) in [5, 5.41) is 8.88.